The zero-order chi connectivity index (χ0) is 31.9. The van der Waals surface area contributed by atoms with E-state index in [1.54, 1.807) is 0 Å². The van der Waals surface area contributed by atoms with Gasteiger partial charge in [-0.05, 0) is 33.1 Å². The van der Waals surface area contributed by atoms with Crippen LogP contribution in [0.2, 0.25) is 0 Å². The summed E-state index contributed by atoms with van der Waals surface area (Å²) in [4.78, 5) is 27.6. The van der Waals surface area contributed by atoms with Crippen LogP contribution in [0.25, 0.3) is 33.3 Å². The summed E-state index contributed by atoms with van der Waals surface area (Å²) in [6.45, 7) is 13.0. The highest BCUT2D eigenvalue weighted by Gasteiger charge is 2.23. The van der Waals surface area contributed by atoms with Gasteiger partial charge in [0.25, 0.3) is 0 Å². The minimum atomic E-state index is -0.0418. The average Bonchev–Trinajstić information content (AvgIpc) is 3.53. The van der Waals surface area contributed by atoms with Crippen LogP contribution in [-0.2, 0) is 10.8 Å². The standard InChI is InChI=1S/C40H36N2O2S/c1-39(2,3)27-19-15-25(16-20-27)37(43)33-13-9-7-11-29(33)31-23-24-32(36-35(31)41-45-42-36)30-12-8-10-14-34(30)38(44)26-17-21-28(22-18-26)40(4,5)6/h7-24H,1-6H3. The largest absolute Gasteiger partial charge is 0.289 e. The molecule has 0 spiro atoms. The molecule has 6 rings (SSSR count). The number of carbonyl (C=O) groups excluding carboxylic acids is 2. The highest BCUT2D eigenvalue weighted by Crippen LogP contribution is 2.38. The van der Waals surface area contributed by atoms with Gasteiger partial charge in [-0.3, -0.25) is 9.59 Å². The molecule has 0 aliphatic rings. The van der Waals surface area contributed by atoms with Gasteiger partial charge in [0.2, 0.25) is 0 Å². The number of carbonyl (C=O) groups is 2. The Bertz CT molecular complexity index is 1890. The molecule has 0 N–H and O–H groups in total. The number of nitrogens with zero attached hydrogens (tertiary/aromatic N) is 2. The highest BCUT2D eigenvalue weighted by atomic mass is 32.1. The van der Waals surface area contributed by atoms with Crippen molar-refractivity contribution in [2.75, 3.05) is 0 Å². The molecule has 1 heterocycles. The Hall–Kier alpha value is -4.74. The number of ketones is 2. The summed E-state index contributed by atoms with van der Waals surface area (Å²) in [5.74, 6) is -0.0835. The van der Waals surface area contributed by atoms with Crippen LogP contribution in [0.3, 0.4) is 0 Å². The second-order valence-electron chi connectivity index (χ2n) is 13.5. The summed E-state index contributed by atoms with van der Waals surface area (Å²) < 4.78 is 9.39. The van der Waals surface area contributed by atoms with E-state index in [4.69, 9.17) is 8.75 Å². The molecule has 0 radical (unpaired) electrons. The van der Waals surface area contributed by atoms with Crippen LogP contribution < -0.4 is 0 Å². The lowest BCUT2D eigenvalue weighted by molar-refractivity contribution is 0.103. The fraction of sp³-hybridized carbons (Fsp3) is 0.200. The van der Waals surface area contributed by atoms with E-state index in [9.17, 15) is 9.59 Å². The molecule has 0 aliphatic heterocycles. The van der Waals surface area contributed by atoms with Crippen molar-refractivity contribution in [3.05, 3.63) is 143 Å². The fourth-order valence-electron chi connectivity index (χ4n) is 5.69. The van der Waals surface area contributed by atoms with E-state index in [1.807, 2.05) is 109 Å². The first-order valence-corrected chi connectivity index (χ1v) is 15.9. The number of rotatable bonds is 6. The van der Waals surface area contributed by atoms with Gasteiger partial charge in [-0.25, -0.2) is 0 Å². The summed E-state index contributed by atoms with van der Waals surface area (Å²) in [7, 11) is 0. The first kappa shape index (κ1) is 30.3. The minimum Gasteiger partial charge on any atom is -0.289 e. The lowest BCUT2D eigenvalue weighted by Gasteiger charge is -2.19. The molecular formula is C40H36N2O2S. The van der Waals surface area contributed by atoms with Crippen LogP contribution in [0.15, 0.2) is 109 Å². The van der Waals surface area contributed by atoms with E-state index in [0.29, 0.717) is 33.3 Å². The molecule has 0 bridgehead atoms. The minimum absolute atomic E-state index is 0.00453. The zero-order valence-electron chi connectivity index (χ0n) is 26.5. The van der Waals surface area contributed by atoms with Gasteiger partial charge in [0.1, 0.15) is 11.0 Å². The van der Waals surface area contributed by atoms with Gasteiger partial charge in [0.05, 0.1) is 11.7 Å². The normalized spacial score (nSPS) is 12.0. The Balaban J connectivity index is 1.40. The maximum Gasteiger partial charge on any atom is 0.193 e. The third-order valence-corrected chi connectivity index (χ3v) is 8.89. The molecule has 4 nitrogen and oxygen atoms in total. The van der Waals surface area contributed by atoms with Crippen LogP contribution in [0.5, 0.6) is 0 Å². The first-order valence-electron chi connectivity index (χ1n) is 15.2. The monoisotopic (exact) mass is 608 g/mol. The van der Waals surface area contributed by atoms with Gasteiger partial charge in [0, 0.05) is 33.4 Å². The average molecular weight is 609 g/mol. The molecule has 0 saturated heterocycles. The van der Waals surface area contributed by atoms with Gasteiger partial charge in [-0.2, -0.15) is 8.75 Å². The third-order valence-electron chi connectivity index (χ3n) is 8.37. The molecule has 6 aromatic rings. The van der Waals surface area contributed by atoms with Crippen LogP contribution in [0.1, 0.15) is 84.5 Å². The van der Waals surface area contributed by atoms with Crippen molar-refractivity contribution < 1.29 is 9.59 Å². The van der Waals surface area contributed by atoms with E-state index in [-0.39, 0.29) is 22.4 Å². The predicted molar refractivity (Wildman–Crippen MR) is 185 cm³/mol. The van der Waals surface area contributed by atoms with E-state index in [2.05, 4.69) is 41.5 Å². The molecule has 0 amide bonds. The maximum atomic E-state index is 13.8. The number of aromatic nitrogens is 2. The molecule has 0 unspecified atom stereocenters. The second kappa shape index (κ2) is 11.6. The van der Waals surface area contributed by atoms with Crippen molar-refractivity contribution in [1.82, 2.24) is 8.75 Å². The van der Waals surface area contributed by atoms with Crippen molar-refractivity contribution in [3.63, 3.8) is 0 Å². The quantitative estimate of drug-likeness (QED) is 0.177. The smallest absolute Gasteiger partial charge is 0.193 e. The summed E-state index contributed by atoms with van der Waals surface area (Å²) >= 11 is 1.13. The lowest BCUT2D eigenvalue weighted by Crippen LogP contribution is -2.11. The first-order chi connectivity index (χ1) is 21.4. The number of benzene rings is 5. The highest BCUT2D eigenvalue weighted by molar-refractivity contribution is 7.00. The van der Waals surface area contributed by atoms with Gasteiger partial charge in [-0.15, -0.1) is 0 Å². The van der Waals surface area contributed by atoms with Crippen LogP contribution in [0.4, 0.5) is 0 Å². The molecule has 224 valence electrons. The van der Waals surface area contributed by atoms with E-state index < -0.39 is 0 Å². The molecule has 0 saturated carbocycles. The molecule has 0 fully saturated rings. The van der Waals surface area contributed by atoms with Crippen LogP contribution in [-0.4, -0.2) is 20.3 Å². The number of hydrogen-bond acceptors (Lipinski definition) is 5. The molecular weight excluding hydrogens is 573 g/mol. The van der Waals surface area contributed by atoms with Crippen LogP contribution >= 0.6 is 11.7 Å². The molecule has 45 heavy (non-hydrogen) atoms. The van der Waals surface area contributed by atoms with Crippen molar-refractivity contribution in [1.29, 1.82) is 0 Å². The predicted octanol–water partition coefficient (Wildman–Crippen LogP) is 10.1. The topological polar surface area (TPSA) is 59.9 Å². The lowest BCUT2D eigenvalue weighted by atomic mass is 9.85. The van der Waals surface area contributed by atoms with Gasteiger partial charge < -0.3 is 0 Å². The summed E-state index contributed by atoms with van der Waals surface area (Å²) in [5.41, 5.74) is 9.55. The Labute approximate surface area is 269 Å². The van der Waals surface area contributed by atoms with E-state index in [0.717, 1.165) is 34.0 Å². The van der Waals surface area contributed by atoms with Crippen molar-refractivity contribution in [2.45, 2.75) is 52.4 Å². The summed E-state index contributed by atoms with van der Waals surface area (Å²) in [6, 6.07) is 35.1. The molecule has 5 heteroatoms. The summed E-state index contributed by atoms with van der Waals surface area (Å²) in [6.07, 6.45) is 0. The molecule has 5 aromatic carbocycles. The summed E-state index contributed by atoms with van der Waals surface area (Å²) in [5, 5.41) is 0. The SMILES string of the molecule is CC(C)(C)c1ccc(C(=O)c2ccccc2-c2ccc(-c3ccccc3C(=O)c3ccc(C(C)(C)C)cc3)c3nsnc23)cc1. The molecule has 1 aromatic heterocycles. The van der Waals surface area contributed by atoms with E-state index in [1.165, 1.54) is 11.1 Å². The molecule has 0 aliphatic carbocycles. The van der Waals surface area contributed by atoms with E-state index >= 15 is 0 Å². The Morgan fingerprint density at radius 3 is 1.18 bits per heavy atom. The second-order valence-corrected chi connectivity index (χ2v) is 14.1. The van der Waals surface area contributed by atoms with Crippen LogP contribution in [0, 0.1) is 0 Å². The number of hydrogen-bond donors (Lipinski definition) is 0. The van der Waals surface area contributed by atoms with Gasteiger partial charge in [0.15, 0.2) is 11.6 Å². The molecule has 0 atom stereocenters. The van der Waals surface area contributed by atoms with Crippen molar-refractivity contribution >= 4 is 34.3 Å². The fourth-order valence-corrected chi connectivity index (χ4v) is 6.26. The maximum absolute atomic E-state index is 13.8. The Morgan fingerprint density at radius 1 is 0.467 bits per heavy atom. The van der Waals surface area contributed by atoms with Crippen molar-refractivity contribution in [2.24, 2.45) is 0 Å². The van der Waals surface area contributed by atoms with Gasteiger partial charge in [-0.1, -0.05) is 151 Å². The number of fused-ring (bicyclic) bond motifs is 1. The zero-order valence-corrected chi connectivity index (χ0v) is 27.3. The van der Waals surface area contributed by atoms with Gasteiger partial charge >= 0.3 is 0 Å². The van der Waals surface area contributed by atoms with Crippen molar-refractivity contribution in [3.8, 4) is 22.3 Å². The Kier molecular flexibility index (Phi) is 7.84. The Morgan fingerprint density at radius 2 is 0.822 bits per heavy atom. The third kappa shape index (κ3) is 5.88.